The number of rotatable bonds is 10. The van der Waals surface area contributed by atoms with E-state index >= 15 is 0 Å². The number of nitrogens with zero attached hydrogens (tertiary/aromatic N) is 1. The zero-order valence-corrected chi connectivity index (χ0v) is 13.5. The molecule has 0 bridgehead atoms. The number of amides is 1. The van der Waals surface area contributed by atoms with Crippen LogP contribution in [0.15, 0.2) is 24.5 Å². The van der Waals surface area contributed by atoms with Crippen LogP contribution in [-0.4, -0.2) is 30.0 Å². The molecule has 0 saturated carbocycles. The zero-order valence-electron chi connectivity index (χ0n) is 13.5. The third-order valence-electron chi connectivity index (χ3n) is 3.58. The van der Waals surface area contributed by atoms with Gasteiger partial charge in [0.1, 0.15) is 6.04 Å². The minimum absolute atomic E-state index is 0.274. The van der Waals surface area contributed by atoms with Gasteiger partial charge >= 0.3 is 5.97 Å². The highest BCUT2D eigenvalue weighted by atomic mass is 16.5. The van der Waals surface area contributed by atoms with Crippen molar-refractivity contribution in [3.8, 4) is 0 Å². The van der Waals surface area contributed by atoms with E-state index in [2.05, 4.69) is 17.2 Å². The van der Waals surface area contributed by atoms with Gasteiger partial charge in [-0.15, -0.1) is 0 Å². The monoisotopic (exact) mass is 306 g/mol. The minimum atomic E-state index is -0.586. The highest BCUT2D eigenvalue weighted by Gasteiger charge is 2.21. The van der Waals surface area contributed by atoms with Gasteiger partial charge in [0.25, 0.3) is 5.91 Å². The Morgan fingerprint density at radius 2 is 1.77 bits per heavy atom. The van der Waals surface area contributed by atoms with Crippen LogP contribution < -0.4 is 5.32 Å². The van der Waals surface area contributed by atoms with Crippen molar-refractivity contribution in [2.45, 2.75) is 57.9 Å². The molecule has 1 N–H and O–H groups in total. The summed E-state index contributed by atoms with van der Waals surface area (Å²) in [7, 11) is 1.34. The van der Waals surface area contributed by atoms with Crippen molar-refractivity contribution in [1.82, 2.24) is 10.3 Å². The fraction of sp³-hybridized carbons (Fsp3) is 0.588. The molecule has 0 unspecified atom stereocenters. The minimum Gasteiger partial charge on any atom is -0.467 e. The van der Waals surface area contributed by atoms with E-state index in [0.29, 0.717) is 12.0 Å². The number of carbonyl (C=O) groups is 2. The Balaban J connectivity index is 2.44. The lowest BCUT2D eigenvalue weighted by Crippen LogP contribution is -2.41. The first-order chi connectivity index (χ1) is 10.7. The van der Waals surface area contributed by atoms with Crippen LogP contribution in [0.1, 0.15) is 62.2 Å². The molecule has 1 rings (SSSR count). The summed E-state index contributed by atoms with van der Waals surface area (Å²) in [5.74, 6) is -0.667. The van der Waals surface area contributed by atoms with Gasteiger partial charge < -0.3 is 10.1 Å². The smallest absolute Gasteiger partial charge is 0.328 e. The van der Waals surface area contributed by atoms with Crippen LogP contribution in [0.4, 0.5) is 0 Å². The molecule has 5 heteroatoms. The van der Waals surface area contributed by atoms with E-state index in [1.54, 1.807) is 24.5 Å². The molecule has 0 aliphatic heterocycles. The molecule has 1 heterocycles. The van der Waals surface area contributed by atoms with E-state index in [1.165, 1.54) is 32.8 Å². The average Bonchev–Trinajstić information content (AvgIpc) is 2.56. The van der Waals surface area contributed by atoms with Crippen LogP contribution in [0.3, 0.4) is 0 Å². The maximum absolute atomic E-state index is 12.1. The lowest BCUT2D eigenvalue weighted by Gasteiger charge is -2.16. The highest BCUT2D eigenvalue weighted by molar-refractivity contribution is 5.96. The van der Waals surface area contributed by atoms with Gasteiger partial charge in [-0.25, -0.2) is 4.79 Å². The highest BCUT2D eigenvalue weighted by Crippen LogP contribution is 2.10. The summed E-state index contributed by atoms with van der Waals surface area (Å²) < 4.78 is 4.78. The molecule has 5 nitrogen and oxygen atoms in total. The molecule has 0 aliphatic carbocycles. The van der Waals surface area contributed by atoms with Crippen molar-refractivity contribution in [3.05, 3.63) is 30.1 Å². The first-order valence-corrected chi connectivity index (χ1v) is 7.97. The number of aromatic nitrogens is 1. The fourth-order valence-electron chi connectivity index (χ4n) is 2.26. The number of hydrogen-bond acceptors (Lipinski definition) is 4. The molecule has 1 atom stereocenters. The van der Waals surface area contributed by atoms with Gasteiger partial charge in [0.2, 0.25) is 0 Å². The lowest BCUT2D eigenvalue weighted by atomic mass is 10.1. The third-order valence-corrected chi connectivity index (χ3v) is 3.58. The Bertz CT molecular complexity index is 448. The van der Waals surface area contributed by atoms with E-state index < -0.39 is 12.0 Å². The van der Waals surface area contributed by atoms with Gasteiger partial charge in [-0.1, -0.05) is 45.4 Å². The van der Waals surface area contributed by atoms with Crippen molar-refractivity contribution in [3.63, 3.8) is 0 Å². The molecule has 122 valence electrons. The first-order valence-electron chi connectivity index (χ1n) is 7.97. The van der Waals surface area contributed by atoms with Crippen molar-refractivity contribution < 1.29 is 14.3 Å². The molecule has 22 heavy (non-hydrogen) atoms. The fourth-order valence-corrected chi connectivity index (χ4v) is 2.26. The van der Waals surface area contributed by atoms with E-state index in [0.717, 1.165) is 12.8 Å². The number of ether oxygens (including phenoxy) is 1. The van der Waals surface area contributed by atoms with Gasteiger partial charge in [-0.3, -0.25) is 9.78 Å². The number of nitrogens with one attached hydrogen (secondary N) is 1. The SMILES string of the molecule is CCCCCCCC[C@@H](NC(=O)c1ccncc1)C(=O)OC. The van der Waals surface area contributed by atoms with E-state index in [9.17, 15) is 9.59 Å². The van der Waals surface area contributed by atoms with Gasteiger partial charge in [0, 0.05) is 18.0 Å². The molecular weight excluding hydrogens is 280 g/mol. The van der Waals surface area contributed by atoms with Crippen LogP contribution in [0.2, 0.25) is 0 Å². The maximum Gasteiger partial charge on any atom is 0.328 e. The number of pyridine rings is 1. The molecule has 0 aliphatic rings. The van der Waals surface area contributed by atoms with Crippen LogP contribution in [-0.2, 0) is 9.53 Å². The normalized spacial score (nSPS) is 11.7. The van der Waals surface area contributed by atoms with E-state index in [1.807, 2.05) is 0 Å². The van der Waals surface area contributed by atoms with Gasteiger partial charge in [-0.05, 0) is 18.6 Å². The third kappa shape index (κ3) is 6.70. The predicted molar refractivity (Wildman–Crippen MR) is 85.5 cm³/mol. The van der Waals surface area contributed by atoms with Crippen molar-refractivity contribution >= 4 is 11.9 Å². The molecule has 1 amide bonds. The molecule has 0 saturated heterocycles. The molecule has 0 radical (unpaired) electrons. The summed E-state index contributed by atoms with van der Waals surface area (Å²) in [6.45, 7) is 2.18. The van der Waals surface area contributed by atoms with Crippen molar-refractivity contribution in [1.29, 1.82) is 0 Å². The zero-order chi connectivity index (χ0) is 16.2. The number of unbranched alkanes of at least 4 members (excludes halogenated alkanes) is 5. The van der Waals surface area contributed by atoms with Gasteiger partial charge in [-0.2, -0.15) is 0 Å². The summed E-state index contributed by atoms with van der Waals surface area (Å²) >= 11 is 0. The number of methoxy groups -OCH3 is 1. The molecule has 0 aromatic carbocycles. The van der Waals surface area contributed by atoms with Crippen LogP contribution in [0.25, 0.3) is 0 Å². The second kappa shape index (κ2) is 10.8. The molecule has 0 fully saturated rings. The molecule has 1 aromatic heterocycles. The van der Waals surface area contributed by atoms with Gasteiger partial charge in [0.05, 0.1) is 7.11 Å². The quantitative estimate of drug-likeness (QED) is 0.533. The second-order valence-corrected chi connectivity index (χ2v) is 5.34. The predicted octanol–water partition coefficient (Wildman–Crippen LogP) is 3.10. The second-order valence-electron chi connectivity index (χ2n) is 5.34. The summed E-state index contributed by atoms with van der Waals surface area (Å²) in [5.41, 5.74) is 0.492. The molecule has 1 aromatic rings. The standard InChI is InChI=1S/C17H26N2O3/c1-3-4-5-6-7-8-9-15(17(21)22-2)19-16(20)14-10-12-18-13-11-14/h10-13,15H,3-9H2,1-2H3,(H,19,20)/t15-/m1/s1. The number of esters is 1. The topological polar surface area (TPSA) is 68.3 Å². The summed E-state index contributed by atoms with van der Waals surface area (Å²) in [5, 5.41) is 2.74. The molecular formula is C17H26N2O3. The Morgan fingerprint density at radius 3 is 2.41 bits per heavy atom. The Kier molecular flexibility index (Phi) is 8.88. The molecule has 0 spiro atoms. The van der Waals surface area contributed by atoms with E-state index in [-0.39, 0.29) is 5.91 Å². The Morgan fingerprint density at radius 1 is 1.14 bits per heavy atom. The Hall–Kier alpha value is -1.91. The average molecular weight is 306 g/mol. The Labute approximate surface area is 132 Å². The number of hydrogen-bond donors (Lipinski definition) is 1. The van der Waals surface area contributed by atoms with E-state index in [4.69, 9.17) is 4.74 Å². The van der Waals surface area contributed by atoms with Crippen LogP contribution >= 0.6 is 0 Å². The van der Waals surface area contributed by atoms with Crippen molar-refractivity contribution in [2.24, 2.45) is 0 Å². The lowest BCUT2D eigenvalue weighted by molar-refractivity contribution is -0.143. The summed E-state index contributed by atoms with van der Waals surface area (Å²) in [6, 6.07) is 2.65. The largest absolute Gasteiger partial charge is 0.467 e. The van der Waals surface area contributed by atoms with Gasteiger partial charge in [0.15, 0.2) is 0 Å². The van der Waals surface area contributed by atoms with Crippen LogP contribution in [0, 0.1) is 0 Å². The van der Waals surface area contributed by atoms with Crippen molar-refractivity contribution in [2.75, 3.05) is 7.11 Å². The first kappa shape index (κ1) is 18.1. The van der Waals surface area contributed by atoms with Crippen LogP contribution in [0.5, 0.6) is 0 Å². The maximum atomic E-state index is 12.1. The number of carbonyl (C=O) groups excluding carboxylic acids is 2. The summed E-state index contributed by atoms with van der Waals surface area (Å²) in [6.07, 6.45) is 10.5. The summed E-state index contributed by atoms with van der Waals surface area (Å²) in [4.78, 5) is 27.8.